The van der Waals surface area contributed by atoms with Crippen LogP contribution in [0.5, 0.6) is 0 Å². The summed E-state index contributed by atoms with van der Waals surface area (Å²) in [6, 6.07) is 1.11. The highest BCUT2D eigenvalue weighted by molar-refractivity contribution is 5.75. The van der Waals surface area contributed by atoms with Gasteiger partial charge in [-0.25, -0.2) is 9.78 Å². The molecule has 0 aliphatic heterocycles. The normalized spacial score (nSPS) is 13.2. The number of carbonyl (C=O) groups is 1. The Morgan fingerprint density at radius 2 is 2.18 bits per heavy atom. The smallest absolute Gasteiger partial charge is 0.345 e. The minimum absolute atomic E-state index is 0.160. The number of hydrogen-bond acceptors (Lipinski definition) is 4. The van der Waals surface area contributed by atoms with E-state index in [1.165, 1.54) is 4.90 Å². The van der Waals surface area contributed by atoms with E-state index in [4.69, 9.17) is 0 Å². The Bertz CT molecular complexity index is 949. The first-order valence-electron chi connectivity index (χ1n) is 9.04. The highest BCUT2D eigenvalue weighted by atomic mass is 19.4. The van der Waals surface area contributed by atoms with E-state index in [0.717, 1.165) is 11.9 Å². The quantitative estimate of drug-likeness (QED) is 0.641. The molecule has 11 heteroatoms. The minimum atomic E-state index is -4.45. The van der Waals surface area contributed by atoms with Gasteiger partial charge in [0.25, 0.3) is 0 Å². The number of hydrogen-bond donors (Lipinski definition) is 2. The molecule has 0 saturated heterocycles. The van der Waals surface area contributed by atoms with Crippen molar-refractivity contribution in [2.75, 3.05) is 19.6 Å². The first-order chi connectivity index (χ1) is 13.3. The van der Waals surface area contributed by atoms with Crippen LogP contribution in [-0.2, 0) is 6.42 Å². The molecule has 3 rings (SSSR count). The van der Waals surface area contributed by atoms with Gasteiger partial charge in [-0.2, -0.15) is 13.2 Å². The van der Waals surface area contributed by atoms with Crippen molar-refractivity contribution in [1.82, 2.24) is 34.8 Å². The number of carbonyl (C=O) groups excluding carboxylic acids is 1. The van der Waals surface area contributed by atoms with Crippen molar-refractivity contribution in [2.45, 2.75) is 32.9 Å². The number of rotatable bonds is 7. The fourth-order valence-electron chi connectivity index (χ4n) is 2.90. The van der Waals surface area contributed by atoms with Crippen molar-refractivity contribution in [3.05, 3.63) is 24.3 Å². The Balaban J connectivity index is 1.76. The summed E-state index contributed by atoms with van der Waals surface area (Å²) in [5.41, 5.74) is 2.04. The van der Waals surface area contributed by atoms with Crippen molar-refractivity contribution in [3.63, 3.8) is 0 Å². The van der Waals surface area contributed by atoms with E-state index in [2.05, 4.69) is 20.2 Å². The minimum Gasteiger partial charge on any atom is -0.345 e. The topological polar surface area (TPSA) is 91.2 Å². The van der Waals surface area contributed by atoms with Gasteiger partial charge in [-0.05, 0) is 12.0 Å². The first-order valence-corrected chi connectivity index (χ1v) is 9.04. The van der Waals surface area contributed by atoms with Gasteiger partial charge in [0.05, 0.1) is 11.7 Å². The standard InChI is InChI=1S/C17H22F3N7O/c1-3-11(2)9-26(16(28)23-10-17(18,19)20)7-5-13-24-25-14-8-22-15-12(27(13)14)4-6-21-15/h4,6,8,11,21H,3,5,7,9-10H2,1-2H3,(H,23,28). The second-order valence-electron chi connectivity index (χ2n) is 6.76. The number of nitrogens with one attached hydrogen (secondary N) is 2. The Kier molecular flexibility index (Phi) is 5.71. The van der Waals surface area contributed by atoms with Crippen LogP contribution < -0.4 is 5.32 Å². The van der Waals surface area contributed by atoms with Crippen LogP contribution in [0.2, 0.25) is 0 Å². The second kappa shape index (κ2) is 8.03. The van der Waals surface area contributed by atoms with Crippen molar-refractivity contribution in [1.29, 1.82) is 0 Å². The van der Waals surface area contributed by atoms with Gasteiger partial charge in [0.1, 0.15) is 12.4 Å². The van der Waals surface area contributed by atoms with Gasteiger partial charge < -0.3 is 15.2 Å². The number of aromatic amines is 1. The molecule has 3 aromatic rings. The lowest BCUT2D eigenvalue weighted by atomic mass is 10.1. The third kappa shape index (κ3) is 4.52. The van der Waals surface area contributed by atoms with Crippen LogP contribution in [0.15, 0.2) is 18.5 Å². The van der Waals surface area contributed by atoms with Crippen LogP contribution in [0.4, 0.5) is 18.0 Å². The number of fused-ring (bicyclic) bond motifs is 3. The van der Waals surface area contributed by atoms with Crippen LogP contribution in [0.25, 0.3) is 16.8 Å². The van der Waals surface area contributed by atoms with E-state index in [1.54, 1.807) is 12.4 Å². The highest BCUT2D eigenvalue weighted by Crippen LogP contribution is 2.16. The molecule has 2 N–H and O–H groups in total. The average Bonchev–Trinajstić information content (AvgIpc) is 3.28. The number of halogens is 3. The third-order valence-electron chi connectivity index (χ3n) is 4.57. The van der Waals surface area contributed by atoms with Gasteiger partial charge >= 0.3 is 12.2 Å². The number of amides is 2. The summed E-state index contributed by atoms with van der Waals surface area (Å²) in [7, 11) is 0. The van der Waals surface area contributed by atoms with Gasteiger partial charge in [0.15, 0.2) is 11.3 Å². The number of H-pyrrole nitrogens is 1. The molecule has 1 atom stereocenters. The fourth-order valence-corrected chi connectivity index (χ4v) is 2.90. The summed E-state index contributed by atoms with van der Waals surface area (Å²) in [4.78, 5) is 20.9. The summed E-state index contributed by atoms with van der Waals surface area (Å²) in [5, 5.41) is 10.2. The lowest BCUT2D eigenvalue weighted by Gasteiger charge is -2.26. The predicted octanol–water partition coefficient (Wildman–Crippen LogP) is 2.77. The molecule has 0 aliphatic carbocycles. The van der Waals surface area contributed by atoms with Crippen molar-refractivity contribution < 1.29 is 18.0 Å². The number of aromatic nitrogens is 5. The van der Waals surface area contributed by atoms with Gasteiger partial charge in [0.2, 0.25) is 0 Å². The van der Waals surface area contributed by atoms with E-state index in [-0.39, 0.29) is 12.5 Å². The SMILES string of the molecule is CCC(C)CN(CCc1nnc2cnc3[nH]ccc3n12)C(=O)NCC(F)(F)F. The maximum atomic E-state index is 12.4. The summed E-state index contributed by atoms with van der Waals surface area (Å²) in [6.07, 6.45) is 0.0463. The average molecular weight is 397 g/mol. The van der Waals surface area contributed by atoms with Gasteiger partial charge in [-0.1, -0.05) is 20.3 Å². The molecule has 0 saturated carbocycles. The monoisotopic (exact) mass is 397 g/mol. The largest absolute Gasteiger partial charge is 0.405 e. The van der Waals surface area contributed by atoms with Gasteiger partial charge in [0, 0.05) is 25.7 Å². The third-order valence-corrected chi connectivity index (χ3v) is 4.57. The Labute approximate surface area is 159 Å². The molecule has 3 aromatic heterocycles. The summed E-state index contributed by atoms with van der Waals surface area (Å²) >= 11 is 0. The molecule has 0 aromatic carbocycles. The molecule has 0 fully saturated rings. The van der Waals surface area contributed by atoms with E-state index < -0.39 is 18.8 Å². The summed E-state index contributed by atoms with van der Waals surface area (Å²) < 4.78 is 39.2. The van der Waals surface area contributed by atoms with Crippen LogP contribution in [-0.4, -0.2) is 61.3 Å². The molecule has 28 heavy (non-hydrogen) atoms. The van der Waals surface area contributed by atoms with Crippen LogP contribution in [0.1, 0.15) is 26.1 Å². The molecule has 0 aliphatic rings. The van der Waals surface area contributed by atoms with Gasteiger partial charge in [-0.3, -0.25) is 4.40 Å². The molecule has 0 spiro atoms. The van der Waals surface area contributed by atoms with E-state index >= 15 is 0 Å². The Morgan fingerprint density at radius 1 is 1.39 bits per heavy atom. The fraction of sp³-hybridized carbons (Fsp3) is 0.529. The lowest BCUT2D eigenvalue weighted by Crippen LogP contribution is -2.46. The molecular formula is C17H22F3N7O. The van der Waals surface area contributed by atoms with Crippen molar-refractivity contribution in [2.24, 2.45) is 5.92 Å². The van der Waals surface area contributed by atoms with Crippen molar-refractivity contribution in [3.8, 4) is 0 Å². The zero-order valence-electron chi connectivity index (χ0n) is 15.6. The van der Waals surface area contributed by atoms with Crippen LogP contribution in [0, 0.1) is 5.92 Å². The first kappa shape index (κ1) is 19.9. The number of nitrogens with zero attached hydrogens (tertiary/aromatic N) is 5. The molecule has 152 valence electrons. The Morgan fingerprint density at radius 3 is 2.89 bits per heavy atom. The lowest BCUT2D eigenvalue weighted by molar-refractivity contribution is -0.123. The molecule has 3 heterocycles. The summed E-state index contributed by atoms with van der Waals surface area (Å²) in [5.74, 6) is 0.770. The highest BCUT2D eigenvalue weighted by Gasteiger charge is 2.29. The predicted molar refractivity (Wildman–Crippen MR) is 96.8 cm³/mol. The van der Waals surface area contributed by atoms with Crippen LogP contribution in [0.3, 0.4) is 0 Å². The molecule has 1 unspecified atom stereocenters. The maximum Gasteiger partial charge on any atom is 0.405 e. The van der Waals surface area contributed by atoms with E-state index in [1.807, 2.05) is 29.6 Å². The van der Waals surface area contributed by atoms with E-state index in [9.17, 15) is 18.0 Å². The Hall–Kier alpha value is -2.85. The summed E-state index contributed by atoms with van der Waals surface area (Å²) in [6.45, 7) is 3.15. The zero-order chi connectivity index (χ0) is 20.3. The van der Waals surface area contributed by atoms with Crippen molar-refractivity contribution >= 4 is 22.8 Å². The zero-order valence-corrected chi connectivity index (χ0v) is 15.6. The van der Waals surface area contributed by atoms with Gasteiger partial charge in [-0.15, -0.1) is 10.2 Å². The second-order valence-corrected chi connectivity index (χ2v) is 6.76. The maximum absolute atomic E-state index is 12.4. The molecular weight excluding hydrogens is 375 g/mol. The molecule has 0 bridgehead atoms. The van der Waals surface area contributed by atoms with Crippen LogP contribution >= 0.6 is 0 Å². The van der Waals surface area contributed by atoms with E-state index in [0.29, 0.717) is 30.1 Å². The molecule has 2 amide bonds. The number of urea groups is 1. The molecule has 8 nitrogen and oxygen atoms in total. The molecule has 0 radical (unpaired) electrons. The number of alkyl halides is 3.